The molecule has 0 spiro atoms. The summed E-state index contributed by atoms with van der Waals surface area (Å²) < 4.78 is 25.5. The van der Waals surface area contributed by atoms with Gasteiger partial charge in [0.05, 0.1) is 18.0 Å². The predicted octanol–water partition coefficient (Wildman–Crippen LogP) is -0.474. The van der Waals surface area contributed by atoms with E-state index >= 15 is 0 Å². The molecule has 0 saturated carbocycles. The molecule has 108 valence electrons. The van der Waals surface area contributed by atoms with Gasteiger partial charge in [0.25, 0.3) is 0 Å². The van der Waals surface area contributed by atoms with Gasteiger partial charge in [0.15, 0.2) is 0 Å². The molecular weight excluding hydrogens is 280 g/mol. The Morgan fingerprint density at radius 2 is 2.05 bits per heavy atom. The molecule has 0 aliphatic rings. The maximum absolute atomic E-state index is 12.3. The molecule has 0 heterocycles. The minimum Gasteiger partial charge on any atom is -0.395 e. The van der Waals surface area contributed by atoms with Crippen LogP contribution in [0.3, 0.4) is 0 Å². The van der Waals surface area contributed by atoms with E-state index in [2.05, 4.69) is 11.8 Å². The number of aliphatic hydroxyl groups is 1. The van der Waals surface area contributed by atoms with E-state index in [1.807, 2.05) is 0 Å². The number of amides is 1. The Labute approximate surface area is 118 Å². The molecular formula is C13H16N2O4S. The van der Waals surface area contributed by atoms with E-state index in [9.17, 15) is 13.2 Å². The standard InChI is InChI=1S/C13H16N2O4S/c1-15(10-13(14)17)20(18,19)12-8-3-2-6-11(12)7-4-5-9-16/h2-3,6,8,16H,5,9-10H2,1H3,(H2,14,17). The number of benzene rings is 1. The molecule has 20 heavy (non-hydrogen) atoms. The highest BCUT2D eigenvalue weighted by Gasteiger charge is 2.24. The Morgan fingerprint density at radius 1 is 1.40 bits per heavy atom. The normalized spacial score (nSPS) is 10.9. The average Bonchev–Trinajstić information content (AvgIpc) is 2.38. The van der Waals surface area contributed by atoms with Crippen LogP contribution in [0.2, 0.25) is 0 Å². The van der Waals surface area contributed by atoms with E-state index in [0.717, 1.165) is 4.31 Å². The molecule has 0 bridgehead atoms. The predicted molar refractivity (Wildman–Crippen MR) is 74.0 cm³/mol. The molecule has 0 aliphatic carbocycles. The lowest BCUT2D eigenvalue weighted by Crippen LogP contribution is -2.35. The van der Waals surface area contributed by atoms with Crippen LogP contribution in [0.25, 0.3) is 0 Å². The number of nitrogens with zero attached hydrogens (tertiary/aromatic N) is 1. The number of rotatable bonds is 5. The van der Waals surface area contributed by atoms with Crippen molar-refractivity contribution in [1.29, 1.82) is 0 Å². The van der Waals surface area contributed by atoms with Crippen LogP contribution < -0.4 is 5.73 Å². The minimum absolute atomic E-state index is 0.00851. The van der Waals surface area contributed by atoms with Crippen molar-refractivity contribution < 1.29 is 18.3 Å². The molecule has 1 aromatic rings. The fourth-order valence-electron chi connectivity index (χ4n) is 1.48. The lowest BCUT2D eigenvalue weighted by atomic mass is 10.2. The molecule has 0 fully saturated rings. The van der Waals surface area contributed by atoms with Crippen LogP contribution in [0.15, 0.2) is 29.2 Å². The zero-order valence-electron chi connectivity index (χ0n) is 11.0. The fourth-order valence-corrected chi connectivity index (χ4v) is 2.76. The number of hydrogen-bond donors (Lipinski definition) is 2. The van der Waals surface area contributed by atoms with Gasteiger partial charge in [-0.2, -0.15) is 4.31 Å². The second-order valence-electron chi connectivity index (χ2n) is 4.00. The summed E-state index contributed by atoms with van der Waals surface area (Å²) in [6.07, 6.45) is 0.255. The SMILES string of the molecule is CN(CC(N)=O)S(=O)(=O)c1ccccc1C#CCCO. The summed E-state index contributed by atoms with van der Waals surface area (Å²) in [5.74, 6) is 4.63. The third-order valence-corrected chi connectivity index (χ3v) is 4.28. The maximum Gasteiger partial charge on any atom is 0.244 e. The molecule has 0 aliphatic heterocycles. The number of carbonyl (C=O) groups excluding carboxylic acids is 1. The van der Waals surface area contributed by atoms with E-state index in [-0.39, 0.29) is 17.9 Å². The van der Waals surface area contributed by atoms with Crippen LogP contribution in [0.4, 0.5) is 0 Å². The Balaban J connectivity index is 3.19. The first-order chi connectivity index (χ1) is 9.39. The molecule has 7 heteroatoms. The van der Waals surface area contributed by atoms with Crippen LogP contribution in [-0.4, -0.2) is 43.9 Å². The molecule has 1 rings (SSSR count). The van der Waals surface area contributed by atoms with E-state index in [1.54, 1.807) is 18.2 Å². The smallest absolute Gasteiger partial charge is 0.244 e. The number of aliphatic hydroxyl groups excluding tert-OH is 1. The number of primary amides is 1. The van der Waals surface area contributed by atoms with Crippen molar-refractivity contribution in [2.45, 2.75) is 11.3 Å². The molecule has 0 saturated heterocycles. The van der Waals surface area contributed by atoms with Gasteiger partial charge < -0.3 is 10.8 Å². The highest BCUT2D eigenvalue weighted by Crippen LogP contribution is 2.18. The van der Waals surface area contributed by atoms with Gasteiger partial charge in [-0.1, -0.05) is 24.0 Å². The van der Waals surface area contributed by atoms with Crippen LogP contribution >= 0.6 is 0 Å². The van der Waals surface area contributed by atoms with Crippen LogP contribution in [0.5, 0.6) is 0 Å². The molecule has 1 aromatic carbocycles. The Bertz CT molecular complexity index is 644. The Kier molecular flexibility index (Phi) is 5.70. The molecule has 3 N–H and O–H groups in total. The number of nitrogens with two attached hydrogens (primary N) is 1. The number of hydrogen-bond acceptors (Lipinski definition) is 4. The summed E-state index contributed by atoms with van der Waals surface area (Å²) in [5, 5.41) is 8.68. The van der Waals surface area contributed by atoms with Crippen molar-refractivity contribution in [2.75, 3.05) is 20.2 Å². The summed E-state index contributed by atoms with van der Waals surface area (Å²) in [4.78, 5) is 10.9. The van der Waals surface area contributed by atoms with Gasteiger partial charge in [-0.15, -0.1) is 0 Å². The molecule has 6 nitrogen and oxygen atoms in total. The Morgan fingerprint density at radius 3 is 2.65 bits per heavy atom. The van der Waals surface area contributed by atoms with Gasteiger partial charge in [-0.3, -0.25) is 4.79 Å². The van der Waals surface area contributed by atoms with Crippen molar-refractivity contribution >= 4 is 15.9 Å². The second kappa shape index (κ2) is 7.05. The first kappa shape index (κ1) is 16.2. The molecule has 1 amide bonds. The van der Waals surface area contributed by atoms with Crippen LogP contribution in [0.1, 0.15) is 12.0 Å². The Hall–Kier alpha value is -1.88. The lowest BCUT2D eigenvalue weighted by Gasteiger charge is -2.16. The van der Waals surface area contributed by atoms with E-state index in [4.69, 9.17) is 10.8 Å². The van der Waals surface area contributed by atoms with Crippen molar-refractivity contribution in [3.63, 3.8) is 0 Å². The highest BCUT2D eigenvalue weighted by molar-refractivity contribution is 7.89. The summed E-state index contributed by atoms with van der Waals surface area (Å²) in [5.41, 5.74) is 5.32. The number of likely N-dealkylation sites (N-methyl/N-ethyl adjacent to an activating group) is 1. The highest BCUT2D eigenvalue weighted by atomic mass is 32.2. The quantitative estimate of drug-likeness (QED) is 0.717. The van der Waals surface area contributed by atoms with Gasteiger partial charge in [0.1, 0.15) is 0 Å². The molecule has 0 atom stereocenters. The fraction of sp³-hybridized carbons (Fsp3) is 0.308. The third-order valence-electron chi connectivity index (χ3n) is 2.41. The maximum atomic E-state index is 12.3. The second-order valence-corrected chi connectivity index (χ2v) is 6.01. The van der Waals surface area contributed by atoms with Gasteiger partial charge in [0, 0.05) is 19.0 Å². The number of carbonyl (C=O) groups is 1. The summed E-state index contributed by atoms with van der Waals surface area (Å²) in [7, 11) is -2.56. The first-order valence-corrected chi connectivity index (χ1v) is 7.27. The zero-order valence-corrected chi connectivity index (χ0v) is 11.9. The van der Waals surface area contributed by atoms with Gasteiger partial charge >= 0.3 is 0 Å². The third kappa shape index (κ3) is 4.06. The topological polar surface area (TPSA) is 101 Å². The lowest BCUT2D eigenvalue weighted by molar-refractivity contribution is -0.118. The largest absolute Gasteiger partial charge is 0.395 e. The van der Waals surface area contributed by atoms with Gasteiger partial charge in [-0.25, -0.2) is 8.42 Å². The summed E-state index contributed by atoms with van der Waals surface area (Å²) in [6, 6.07) is 6.21. The summed E-state index contributed by atoms with van der Waals surface area (Å²) in [6.45, 7) is -0.496. The van der Waals surface area contributed by atoms with Crippen molar-refractivity contribution in [3.05, 3.63) is 29.8 Å². The minimum atomic E-state index is -3.83. The van der Waals surface area contributed by atoms with Gasteiger partial charge in [0.2, 0.25) is 15.9 Å². The first-order valence-electron chi connectivity index (χ1n) is 5.83. The van der Waals surface area contributed by atoms with Crippen LogP contribution in [-0.2, 0) is 14.8 Å². The monoisotopic (exact) mass is 296 g/mol. The molecule has 0 aromatic heterocycles. The van der Waals surface area contributed by atoms with Crippen molar-refractivity contribution in [1.82, 2.24) is 4.31 Å². The van der Waals surface area contributed by atoms with Crippen molar-refractivity contribution in [2.24, 2.45) is 5.73 Å². The molecule has 0 unspecified atom stereocenters. The van der Waals surface area contributed by atoms with Crippen LogP contribution in [0, 0.1) is 11.8 Å². The average molecular weight is 296 g/mol. The summed E-state index contributed by atoms with van der Waals surface area (Å²) >= 11 is 0. The van der Waals surface area contributed by atoms with Crippen molar-refractivity contribution in [3.8, 4) is 11.8 Å². The van der Waals surface area contributed by atoms with E-state index in [1.165, 1.54) is 13.1 Å². The van der Waals surface area contributed by atoms with Gasteiger partial charge in [-0.05, 0) is 12.1 Å². The molecule has 0 radical (unpaired) electrons. The van der Waals surface area contributed by atoms with E-state index < -0.39 is 22.5 Å². The zero-order chi connectivity index (χ0) is 15.2. The van der Waals surface area contributed by atoms with E-state index in [0.29, 0.717) is 5.56 Å². The number of sulfonamides is 1.